The summed E-state index contributed by atoms with van der Waals surface area (Å²) in [5.74, 6) is 1.01. The molecular weight excluding hydrogens is 384 g/mol. The van der Waals surface area contributed by atoms with Gasteiger partial charge < -0.3 is 4.90 Å². The predicted molar refractivity (Wildman–Crippen MR) is 100 cm³/mol. The van der Waals surface area contributed by atoms with Gasteiger partial charge in [0.2, 0.25) is 0 Å². The number of pyridine rings is 2. The van der Waals surface area contributed by atoms with Crippen molar-refractivity contribution in [3.05, 3.63) is 57.7 Å². The highest BCUT2D eigenvalue weighted by Gasteiger charge is 2.18. The first-order chi connectivity index (χ1) is 12.2. The number of fused-ring (bicyclic) bond motifs is 1. The van der Waals surface area contributed by atoms with Crippen LogP contribution in [-0.2, 0) is 6.54 Å². The molecule has 3 aromatic rings. The van der Waals surface area contributed by atoms with Gasteiger partial charge in [-0.1, -0.05) is 6.07 Å². The second-order valence-corrected chi connectivity index (χ2v) is 7.01. The molecule has 0 N–H and O–H groups in total. The van der Waals surface area contributed by atoms with E-state index in [1.165, 1.54) is 0 Å². The maximum absolute atomic E-state index is 12.3. The van der Waals surface area contributed by atoms with E-state index >= 15 is 0 Å². The topological polar surface area (TPSA) is 58.7 Å². The zero-order valence-electron chi connectivity index (χ0n) is 13.8. The van der Waals surface area contributed by atoms with Crippen LogP contribution in [0.2, 0.25) is 0 Å². The van der Waals surface area contributed by atoms with E-state index in [1.54, 1.807) is 15.3 Å². The van der Waals surface area contributed by atoms with Gasteiger partial charge in [0.1, 0.15) is 5.82 Å². The molecule has 0 aromatic carbocycles. The van der Waals surface area contributed by atoms with Crippen LogP contribution in [0, 0.1) is 0 Å². The molecule has 0 amide bonds. The summed E-state index contributed by atoms with van der Waals surface area (Å²) in [7, 11) is 0. The van der Waals surface area contributed by atoms with Gasteiger partial charge in [0.25, 0.3) is 0 Å². The third-order valence-electron chi connectivity index (χ3n) is 4.52. The number of rotatable bonds is 4. The van der Waals surface area contributed by atoms with Gasteiger partial charge in [0, 0.05) is 49.6 Å². The Kier molecular flexibility index (Phi) is 4.54. The van der Waals surface area contributed by atoms with Crippen LogP contribution in [-0.4, -0.2) is 56.8 Å². The third kappa shape index (κ3) is 3.45. The molecule has 0 bridgehead atoms. The third-order valence-corrected chi connectivity index (χ3v) is 4.99. The highest BCUT2D eigenvalue weighted by Crippen LogP contribution is 2.16. The molecule has 0 radical (unpaired) electrons. The molecule has 4 heterocycles. The number of hydrogen-bond donors (Lipinski definition) is 0. The summed E-state index contributed by atoms with van der Waals surface area (Å²) in [5, 5.41) is 4.38. The maximum Gasteiger partial charge on any atom is 0.350 e. The summed E-state index contributed by atoms with van der Waals surface area (Å²) >= 11 is 3.42. The molecule has 3 aromatic heterocycles. The molecule has 0 unspecified atom stereocenters. The van der Waals surface area contributed by atoms with Gasteiger partial charge >= 0.3 is 5.69 Å². The van der Waals surface area contributed by atoms with Crippen molar-refractivity contribution in [2.75, 3.05) is 37.6 Å². The van der Waals surface area contributed by atoms with E-state index in [1.807, 2.05) is 36.5 Å². The lowest BCUT2D eigenvalue weighted by Crippen LogP contribution is -2.47. The van der Waals surface area contributed by atoms with Crippen LogP contribution >= 0.6 is 15.9 Å². The fourth-order valence-corrected chi connectivity index (χ4v) is 3.34. The van der Waals surface area contributed by atoms with Crippen molar-refractivity contribution in [2.24, 2.45) is 0 Å². The zero-order chi connectivity index (χ0) is 17.2. The van der Waals surface area contributed by atoms with Gasteiger partial charge in [0.05, 0.1) is 6.54 Å². The van der Waals surface area contributed by atoms with Gasteiger partial charge in [-0.3, -0.25) is 9.30 Å². The average molecular weight is 403 g/mol. The van der Waals surface area contributed by atoms with Gasteiger partial charge in [-0.2, -0.15) is 0 Å². The first-order valence-electron chi connectivity index (χ1n) is 8.34. The summed E-state index contributed by atoms with van der Waals surface area (Å²) in [6, 6.07) is 9.64. The van der Waals surface area contributed by atoms with Crippen LogP contribution in [0.5, 0.6) is 0 Å². The van der Waals surface area contributed by atoms with E-state index in [4.69, 9.17) is 0 Å². The molecule has 0 saturated carbocycles. The van der Waals surface area contributed by atoms with Gasteiger partial charge in [-0.15, -0.1) is 5.10 Å². The molecule has 130 valence electrons. The van der Waals surface area contributed by atoms with E-state index in [0.29, 0.717) is 12.2 Å². The normalized spacial score (nSPS) is 15.8. The number of anilines is 1. The molecule has 8 heteroatoms. The largest absolute Gasteiger partial charge is 0.354 e. The van der Waals surface area contributed by atoms with Crippen molar-refractivity contribution in [3.8, 4) is 0 Å². The van der Waals surface area contributed by atoms with Gasteiger partial charge in [-0.05, 0) is 40.2 Å². The monoisotopic (exact) mass is 402 g/mol. The van der Waals surface area contributed by atoms with Crippen molar-refractivity contribution in [2.45, 2.75) is 6.54 Å². The van der Waals surface area contributed by atoms with Crippen LogP contribution in [0.3, 0.4) is 0 Å². The molecule has 0 spiro atoms. The van der Waals surface area contributed by atoms with Gasteiger partial charge in [0.15, 0.2) is 5.65 Å². The fourth-order valence-electron chi connectivity index (χ4n) is 3.11. The maximum atomic E-state index is 12.3. The Hall–Kier alpha value is -2.19. The summed E-state index contributed by atoms with van der Waals surface area (Å²) in [6.07, 6.45) is 3.59. The molecular formula is C17H19BrN6O. The number of halogens is 1. The Bertz CT molecular complexity index is 911. The van der Waals surface area contributed by atoms with E-state index in [2.05, 4.69) is 35.8 Å². The van der Waals surface area contributed by atoms with E-state index in [-0.39, 0.29) is 5.69 Å². The average Bonchev–Trinajstić information content (AvgIpc) is 2.97. The molecule has 0 atom stereocenters. The van der Waals surface area contributed by atoms with Crippen molar-refractivity contribution in [1.82, 2.24) is 24.1 Å². The van der Waals surface area contributed by atoms with Crippen molar-refractivity contribution >= 4 is 27.4 Å². The van der Waals surface area contributed by atoms with E-state index in [9.17, 15) is 4.79 Å². The quantitative estimate of drug-likeness (QED) is 0.661. The number of nitrogens with zero attached hydrogens (tertiary/aromatic N) is 6. The van der Waals surface area contributed by atoms with E-state index in [0.717, 1.165) is 43.0 Å². The lowest BCUT2D eigenvalue weighted by molar-refractivity contribution is 0.243. The molecule has 1 saturated heterocycles. The van der Waals surface area contributed by atoms with Crippen molar-refractivity contribution < 1.29 is 0 Å². The smallest absolute Gasteiger partial charge is 0.350 e. The first kappa shape index (κ1) is 16.3. The summed E-state index contributed by atoms with van der Waals surface area (Å²) in [4.78, 5) is 21.4. The Balaban J connectivity index is 1.35. The highest BCUT2D eigenvalue weighted by atomic mass is 79.9. The molecule has 0 aliphatic carbocycles. The van der Waals surface area contributed by atoms with Crippen LogP contribution < -0.4 is 10.6 Å². The number of piperazine rings is 1. The zero-order valence-corrected chi connectivity index (χ0v) is 15.3. The Labute approximate surface area is 153 Å². The fraction of sp³-hybridized carbons (Fsp3) is 0.353. The molecule has 25 heavy (non-hydrogen) atoms. The second-order valence-electron chi connectivity index (χ2n) is 6.10. The molecule has 1 aliphatic heterocycles. The minimum Gasteiger partial charge on any atom is -0.354 e. The van der Waals surface area contributed by atoms with E-state index < -0.39 is 0 Å². The lowest BCUT2D eigenvalue weighted by Gasteiger charge is -2.35. The SMILES string of the molecule is O=c1n(CCN2CCN(c3ccc(Br)cn3)CC2)nc2ccccn12. The highest BCUT2D eigenvalue weighted by molar-refractivity contribution is 9.10. The molecule has 7 nitrogen and oxygen atoms in total. The van der Waals surface area contributed by atoms with Crippen molar-refractivity contribution in [3.63, 3.8) is 0 Å². The number of hydrogen-bond acceptors (Lipinski definition) is 5. The summed E-state index contributed by atoms with van der Waals surface area (Å²) in [5.41, 5.74) is 0.618. The summed E-state index contributed by atoms with van der Waals surface area (Å²) < 4.78 is 4.13. The predicted octanol–water partition coefficient (Wildman–Crippen LogP) is 1.48. The number of aromatic nitrogens is 4. The van der Waals surface area contributed by atoms with Crippen LogP contribution in [0.4, 0.5) is 5.82 Å². The minimum atomic E-state index is -0.0756. The Morgan fingerprint density at radius 3 is 2.60 bits per heavy atom. The van der Waals surface area contributed by atoms with Crippen LogP contribution in [0.15, 0.2) is 52.0 Å². The van der Waals surface area contributed by atoms with Crippen LogP contribution in [0.25, 0.3) is 5.65 Å². The van der Waals surface area contributed by atoms with Crippen molar-refractivity contribution in [1.29, 1.82) is 0 Å². The molecule has 1 aliphatic rings. The lowest BCUT2D eigenvalue weighted by atomic mass is 10.3. The second kappa shape index (κ2) is 6.97. The van der Waals surface area contributed by atoms with Gasteiger partial charge in [-0.25, -0.2) is 14.5 Å². The molecule has 1 fully saturated rings. The summed E-state index contributed by atoms with van der Waals surface area (Å²) in [6.45, 7) is 5.23. The van der Waals surface area contributed by atoms with Crippen LogP contribution in [0.1, 0.15) is 0 Å². The Morgan fingerprint density at radius 2 is 1.88 bits per heavy atom. The Morgan fingerprint density at radius 1 is 1.04 bits per heavy atom. The standard InChI is InChI=1S/C17H19BrN6O/c18-14-4-5-15(19-13-14)22-10-7-21(8-11-22)9-12-24-17(25)23-6-2-1-3-16(23)20-24/h1-6,13H,7-12H2. The first-order valence-corrected chi connectivity index (χ1v) is 9.13. The molecule has 4 rings (SSSR count). The minimum absolute atomic E-state index is 0.0756.